The van der Waals surface area contributed by atoms with Crippen LogP contribution in [0.1, 0.15) is 23.6 Å². The second-order valence-corrected chi connectivity index (χ2v) is 4.67. The minimum Gasteiger partial charge on any atom is -0.364 e. The van der Waals surface area contributed by atoms with Crippen molar-refractivity contribution in [3.8, 4) is 6.07 Å². The van der Waals surface area contributed by atoms with Gasteiger partial charge in [-0.15, -0.1) is 10.2 Å². The standard InChI is InChI=1S/C13H14N6/c1-9-17-18-12-5-4-11(8-19(9)12)16-13-10(7-14)3-2-6-15-13/h2-3,6,11H,4-5,8H2,1H3,(H,15,16)/t11-/m0/s1. The summed E-state index contributed by atoms with van der Waals surface area (Å²) in [6, 6.07) is 5.95. The number of pyridine rings is 1. The number of hydrogen-bond acceptors (Lipinski definition) is 5. The van der Waals surface area contributed by atoms with Crippen molar-refractivity contribution in [3.05, 3.63) is 35.5 Å². The molecule has 0 saturated carbocycles. The summed E-state index contributed by atoms with van der Waals surface area (Å²) in [6.07, 6.45) is 3.56. The maximum absolute atomic E-state index is 9.06. The summed E-state index contributed by atoms with van der Waals surface area (Å²) in [7, 11) is 0. The van der Waals surface area contributed by atoms with E-state index >= 15 is 0 Å². The van der Waals surface area contributed by atoms with Gasteiger partial charge in [0.15, 0.2) is 0 Å². The van der Waals surface area contributed by atoms with Crippen molar-refractivity contribution in [2.45, 2.75) is 32.4 Å². The van der Waals surface area contributed by atoms with Crippen LogP contribution >= 0.6 is 0 Å². The Labute approximate surface area is 111 Å². The Bertz CT molecular complexity index is 639. The maximum atomic E-state index is 9.06. The van der Waals surface area contributed by atoms with Crippen molar-refractivity contribution in [2.24, 2.45) is 0 Å². The molecule has 3 heterocycles. The van der Waals surface area contributed by atoms with Crippen LogP contribution in [0.3, 0.4) is 0 Å². The first kappa shape index (κ1) is 11.7. The quantitative estimate of drug-likeness (QED) is 0.873. The number of nitrogens with one attached hydrogen (secondary N) is 1. The first-order valence-electron chi connectivity index (χ1n) is 6.28. The van der Waals surface area contributed by atoms with E-state index in [0.29, 0.717) is 11.4 Å². The number of fused-ring (bicyclic) bond motifs is 1. The Kier molecular flexibility index (Phi) is 2.88. The second-order valence-electron chi connectivity index (χ2n) is 4.67. The third kappa shape index (κ3) is 2.15. The number of anilines is 1. The predicted octanol–water partition coefficient (Wildman–Crippen LogP) is 1.28. The van der Waals surface area contributed by atoms with E-state index in [-0.39, 0.29) is 6.04 Å². The number of aryl methyl sites for hydroxylation is 2. The highest BCUT2D eigenvalue weighted by Crippen LogP contribution is 2.19. The highest BCUT2D eigenvalue weighted by Gasteiger charge is 2.22. The summed E-state index contributed by atoms with van der Waals surface area (Å²) in [6.45, 7) is 2.77. The average Bonchev–Trinajstić information content (AvgIpc) is 2.81. The van der Waals surface area contributed by atoms with Crippen molar-refractivity contribution in [2.75, 3.05) is 5.32 Å². The zero-order valence-electron chi connectivity index (χ0n) is 10.7. The Hall–Kier alpha value is -2.42. The van der Waals surface area contributed by atoms with Crippen LogP contribution in [0.25, 0.3) is 0 Å². The molecule has 2 aromatic heterocycles. The largest absolute Gasteiger partial charge is 0.364 e. The van der Waals surface area contributed by atoms with E-state index in [0.717, 1.165) is 31.0 Å². The second kappa shape index (κ2) is 4.69. The van der Waals surface area contributed by atoms with Crippen LogP contribution in [0.2, 0.25) is 0 Å². The van der Waals surface area contributed by atoms with Crippen LogP contribution in [0.4, 0.5) is 5.82 Å². The van der Waals surface area contributed by atoms with Gasteiger partial charge < -0.3 is 9.88 Å². The predicted molar refractivity (Wildman–Crippen MR) is 69.4 cm³/mol. The molecule has 3 rings (SSSR count). The lowest BCUT2D eigenvalue weighted by Gasteiger charge is -2.25. The molecule has 1 aliphatic rings. The van der Waals surface area contributed by atoms with E-state index in [9.17, 15) is 0 Å². The van der Waals surface area contributed by atoms with Crippen molar-refractivity contribution >= 4 is 5.82 Å². The number of nitrogens with zero attached hydrogens (tertiary/aromatic N) is 5. The lowest BCUT2D eigenvalue weighted by Crippen LogP contribution is -2.32. The molecule has 0 aromatic carbocycles. The minimum absolute atomic E-state index is 0.254. The van der Waals surface area contributed by atoms with Gasteiger partial charge >= 0.3 is 0 Å². The highest BCUT2D eigenvalue weighted by atomic mass is 15.3. The molecule has 6 nitrogen and oxygen atoms in total. The molecule has 0 aliphatic carbocycles. The van der Waals surface area contributed by atoms with Gasteiger partial charge in [-0.2, -0.15) is 5.26 Å². The lowest BCUT2D eigenvalue weighted by atomic mass is 10.1. The third-order valence-electron chi connectivity index (χ3n) is 3.40. The van der Waals surface area contributed by atoms with E-state index < -0.39 is 0 Å². The van der Waals surface area contributed by atoms with Crippen LogP contribution in [0.15, 0.2) is 18.3 Å². The monoisotopic (exact) mass is 254 g/mol. The summed E-state index contributed by atoms with van der Waals surface area (Å²) in [4.78, 5) is 4.24. The molecule has 1 atom stereocenters. The van der Waals surface area contributed by atoms with Crippen molar-refractivity contribution < 1.29 is 0 Å². The summed E-state index contributed by atoms with van der Waals surface area (Å²) < 4.78 is 2.12. The van der Waals surface area contributed by atoms with E-state index in [4.69, 9.17) is 5.26 Å². The molecule has 1 aliphatic heterocycles. The number of rotatable bonds is 2. The number of nitriles is 1. The first-order valence-corrected chi connectivity index (χ1v) is 6.28. The summed E-state index contributed by atoms with van der Waals surface area (Å²) in [5.74, 6) is 2.63. The molecule has 0 saturated heterocycles. The van der Waals surface area contributed by atoms with E-state index in [1.165, 1.54) is 0 Å². The van der Waals surface area contributed by atoms with Gasteiger partial charge in [0, 0.05) is 25.2 Å². The highest BCUT2D eigenvalue weighted by molar-refractivity contribution is 5.51. The fourth-order valence-electron chi connectivity index (χ4n) is 2.38. The first-order chi connectivity index (χ1) is 9.28. The molecule has 0 amide bonds. The van der Waals surface area contributed by atoms with E-state index in [2.05, 4.69) is 31.1 Å². The normalized spacial score (nSPS) is 17.6. The molecule has 2 aromatic rings. The van der Waals surface area contributed by atoms with Gasteiger partial charge in [-0.3, -0.25) is 0 Å². The molecule has 0 fully saturated rings. The zero-order chi connectivity index (χ0) is 13.2. The molecule has 0 spiro atoms. The van der Waals surface area contributed by atoms with Crippen LogP contribution in [-0.4, -0.2) is 25.8 Å². The van der Waals surface area contributed by atoms with Gasteiger partial charge in [-0.05, 0) is 25.5 Å². The molecule has 19 heavy (non-hydrogen) atoms. The average molecular weight is 254 g/mol. The molecule has 0 radical (unpaired) electrons. The van der Waals surface area contributed by atoms with E-state index in [1.807, 2.05) is 6.92 Å². The fraction of sp³-hybridized carbons (Fsp3) is 0.385. The van der Waals surface area contributed by atoms with Crippen LogP contribution in [0.5, 0.6) is 0 Å². The van der Waals surface area contributed by atoms with Crippen molar-refractivity contribution in [1.82, 2.24) is 19.7 Å². The van der Waals surface area contributed by atoms with Crippen LogP contribution in [0, 0.1) is 18.3 Å². The van der Waals surface area contributed by atoms with Crippen molar-refractivity contribution in [1.29, 1.82) is 5.26 Å². The smallest absolute Gasteiger partial charge is 0.144 e. The number of aromatic nitrogens is 4. The van der Waals surface area contributed by atoms with Gasteiger partial charge in [-0.25, -0.2) is 4.98 Å². The van der Waals surface area contributed by atoms with Gasteiger partial charge in [0.2, 0.25) is 0 Å². The van der Waals surface area contributed by atoms with Crippen LogP contribution in [-0.2, 0) is 13.0 Å². The SMILES string of the molecule is Cc1nnc2n1C[C@@H](Nc1ncccc1C#N)CC2. The molecule has 0 unspecified atom stereocenters. The fourth-order valence-corrected chi connectivity index (χ4v) is 2.38. The Morgan fingerprint density at radius 2 is 2.37 bits per heavy atom. The maximum Gasteiger partial charge on any atom is 0.144 e. The van der Waals surface area contributed by atoms with Crippen LogP contribution < -0.4 is 5.32 Å². The van der Waals surface area contributed by atoms with Gasteiger partial charge in [0.05, 0.1) is 5.56 Å². The Balaban J connectivity index is 1.79. The molecular weight excluding hydrogens is 240 g/mol. The van der Waals surface area contributed by atoms with Gasteiger partial charge in [0.25, 0.3) is 0 Å². The lowest BCUT2D eigenvalue weighted by molar-refractivity contribution is 0.469. The molecular formula is C13H14N6. The van der Waals surface area contributed by atoms with E-state index in [1.54, 1.807) is 18.3 Å². The molecule has 96 valence electrons. The molecule has 1 N–H and O–H groups in total. The van der Waals surface area contributed by atoms with Crippen molar-refractivity contribution in [3.63, 3.8) is 0 Å². The van der Waals surface area contributed by atoms with Gasteiger partial charge in [-0.1, -0.05) is 0 Å². The topological polar surface area (TPSA) is 79.4 Å². The Morgan fingerprint density at radius 1 is 1.47 bits per heavy atom. The molecule has 0 bridgehead atoms. The summed E-state index contributed by atoms with van der Waals surface area (Å²) in [5.41, 5.74) is 0.578. The molecule has 6 heteroatoms. The third-order valence-corrected chi connectivity index (χ3v) is 3.40. The zero-order valence-corrected chi connectivity index (χ0v) is 10.7. The Morgan fingerprint density at radius 3 is 3.21 bits per heavy atom. The number of hydrogen-bond donors (Lipinski definition) is 1. The summed E-state index contributed by atoms with van der Waals surface area (Å²) in [5, 5.41) is 20.6. The minimum atomic E-state index is 0.254. The van der Waals surface area contributed by atoms with Gasteiger partial charge in [0.1, 0.15) is 23.5 Å². The summed E-state index contributed by atoms with van der Waals surface area (Å²) >= 11 is 0.